The summed E-state index contributed by atoms with van der Waals surface area (Å²) in [7, 11) is 0. The van der Waals surface area contributed by atoms with Crippen LogP contribution in [0.2, 0.25) is 0 Å². The van der Waals surface area contributed by atoms with E-state index >= 15 is 0 Å². The normalized spacial score (nSPS) is 10.8. The van der Waals surface area contributed by atoms with Gasteiger partial charge in [-0.3, -0.25) is 0 Å². The van der Waals surface area contributed by atoms with E-state index in [1.807, 2.05) is 24.3 Å². The lowest BCUT2D eigenvalue weighted by Gasteiger charge is -2.12. The smallest absolute Gasteiger partial charge is 0.144 e. The van der Waals surface area contributed by atoms with Crippen LogP contribution in [0.15, 0.2) is 88.8 Å². The summed E-state index contributed by atoms with van der Waals surface area (Å²) in [5.41, 5.74) is 0.863. The van der Waals surface area contributed by atoms with Crippen molar-refractivity contribution in [3.8, 4) is 0 Å². The van der Waals surface area contributed by atoms with Crippen LogP contribution in [0.3, 0.4) is 0 Å². The molecule has 0 radical (unpaired) electrons. The van der Waals surface area contributed by atoms with E-state index in [-0.39, 0.29) is 11.6 Å². The van der Waals surface area contributed by atoms with E-state index in [2.05, 4.69) is 14.4 Å². The number of benzene rings is 3. The Morgan fingerprint density at radius 1 is 0.643 bits per heavy atom. The molecule has 1 aromatic heterocycles. The van der Waals surface area contributed by atoms with Crippen LogP contribution in [0.4, 0.5) is 20.3 Å². The summed E-state index contributed by atoms with van der Waals surface area (Å²) in [5.74, 6) is 0.204. The van der Waals surface area contributed by atoms with Crippen molar-refractivity contribution in [1.82, 2.24) is 4.98 Å². The zero-order valence-electron chi connectivity index (χ0n) is 14.5. The van der Waals surface area contributed by atoms with Crippen molar-refractivity contribution >= 4 is 46.2 Å². The molecule has 0 fully saturated rings. The largest absolute Gasteiger partial charge is 0.324 e. The summed E-state index contributed by atoms with van der Waals surface area (Å²) >= 11 is 2.77. The number of rotatable bonds is 6. The fraction of sp³-hybridized carbons (Fsp3) is 0. The van der Waals surface area contributed by atoms with Gasteiger partial charge in [-0.2, -0.15) is 0 Å². The van der Waals surface area contributed by atoms with Gasteiger partial charge < -0.3 is 9.44 Å². The molecule has 3 nitrogen and oxygen atoms in total. The van der Waals surface area contributed by atoms with E-state index in [1.165, 1.54) is 48.2 Å². The van der Waals surface area contributed by atoms with Crippen LogP contribution < -0.4 is 9.44 Å². The third kappa shape index (κ3) is 4.37. The van der Waals surface area contributed by atoms with E-state index in [0.29, 0.717) is 0 Å². The molecule has 0 amide bonds. The molecule has 0 aliphatic heterocycles. The quantitative estimate of drug-likeness (QED) is 0.343. The second-order valence-electron chi connectivity index (χ2n) is 5.88. The minimum atomic E-state index is -0.262. The van der Waals surface area contributed by atoms with E-state index in [9.17, 15) is 8.78 Å². The van der Waals surface area contributed by atoms with E-state index in [4.69, 9.17) is 0 Å². The van der Waals surface area contributed by atoms with Gasteiger partial charge in [0.05, 0.1) is 11.9 Å². The van der Waals surface area contributed by atoms with Crippen molar-refractivity contribution in [1.29, 1.82) is 0 Å². The zero-order valence-corrected chi connectivity index (χ0v) is 16.2. The van der Waals surface area contributed by atoms with Gasteiger partial charge in [0.2, 0.25) is 0 Å². The molecule has 0 atom stereocenters. The van der Waals surface area contributed by atoms with Crippen molar-refractivity contribution in [2.45, 2.75) is 9.79 Å². The van der Waals surface area contributed by atoms with Crippen LogP contribution in [-0.4, -0.2) is 4.98 Å². The lowest BCUT2D eigenvalue weighted by atomic mass is 10.1. The predicted octanol–water partition coefficient (Wildman–Crippen LogP) is 6.75. The average Bonchev–Trinajstić information content (AvgIpc) is 2.73. The highest BCUT2D eigenvalue weighted by Crippen LogP contribution is 2.33. The van der Waals surface area contributed by atoms with Crippen LogP contribution >= 0.6 is 23.9 Å². The lowest BCUT2D eigenvalue weighted by molar-refractivity contribution is 0.626. The minimum Gasteiger partial charge on any atom is -0.324 e. The maximum Gasteiger partial charge on any atom is 0.144 e. The van der Waals surface area contributed by atoms with Gasteiger partial charge in [0.1, 0.15) is 17.5 Å². The molecule has 2 N–H and O–H groups in total. The summed E-state index contributed by atoms with van der Waals surface area (Å²) in [6.07, 6.45) is 1.76. The molecule has 0 saturated carbocycles. The second-order valence-corrected chi connectivity index (χ2v) is 7.64. The molecule has 0 saturated heterocycles. The van der Waals surface area contributed by atoms with Crippen molar-refractivity contribution in [3.05, 3.63) is 90.6 Å². The molecule has 7 heteroatoms. The Balaban J connectivity index is 1.54. The van der Waals surface area contributed by atoms with Crippen molar-refractivity contribution in [3.63, 3.8) is 0 Å². The monoisotopic (exact) mass is 411 g/mol. The van der Waals surface area contributed by atoms with Crippen molar-refractivity contribution in [2.24, 2.45) is 0 Å². The Morgan fingerprint density at radius 3 is 1.79 bits per heavy atom. The Bertz CT molecular complexity index is 999. The molecule has 0 aliphatic rings. The number of hydrogen-bond acceptors (Lipinski definition) is 5. The number of hydrogen-bond donors (Lipinski definition) is 2. The number of nitrogens with zero attached hydrogens (tertiary/aromatic N) is 1. The number of anilines is 2. The highest BCUT2D eigenvalue weighted by Gasteiger charge is 2.08. The third-order valence-corrected chi connectivity index (χ3v) is 5.60. The SMILES string of the molecule is Fc1ccc(SNc2cnc(NSc3ccc(F)cc3)c3ccccc23)cc1. The molecule has 1 heterocycles. The van der Waals surface area contributed by atoms with Gasteiger partial charge in [-0.25, -0.2) is 13.8 Å². The Kier molecular flexibility index (Phi) is 5.64. The Morgan fingerprint density at radius 2 is 1.18 bits per heavy atom. The first kappa shape index (κ1) is 18.6. The number of fused-ring (bicyclic) bond motifs is 1. The molecule has 0 bridgehead atoms. The van der Waals surface area contributed by atoms with Gasteiger partial charge in [-0.15, -0.1) is 0 Å². The van der Waals surface area contributed by atoms with Crippen molar-refractivity contribution < 1.29 is 8.78 Å². The van der Waals surface area contributed by atoms with Gasteiger partial charge in [0, 0.05) is 20.6 Å². The molecule has 0 unspecified atom stereocenters. The summed E-state index contributed by atoms with van der Waals surface area (Å²) in [6.45, 7) is 0. The first-order valence-corrected chi connectivity index (χ1v) is 10.1. The van der Waals surface area contributed by atoms with Gasteiger partial charge >= 0.3 is 0 Å². The summed E-state index contributed by atoms with van der Waals surface area (Å²) in [5, 5.41) is 1.97. The zero-order chi connectivity index (χ0) is 19.3. The second kappa shape index (κ2) is 8.50. The molecule has 140 valence electrons. The average molecular weight is 412 g/mol. The molecular formula is C21H15F2N3S2. The number of nitrogens with one attached hydrogen (secondary N) is 2. The molecule has 4 rings (SSSR count). The van der Waals surface area contributed by atoms with Crippen LogP contribution in [0, 0.1) is 11.6 Å². The highest BCUT2D eigenvalue weighted by molar-refractivity contribution is 8.00. The first-order chi connectivity index (χ1) is 13.7. The fourth-order valence-electron chi connectivity index (χ4n) is 2.58. The van der Waals surface area contributed by atoms with E-state index in [0.717, 1.165) is 32.1 Å². The van der Waals surface area contributed by atoms with Gasteiger partial charge in [0.15, 0.2) is 0 Å². The number of aromatic nitrogens is 1. The van der Waals surface area contributed by atoms with Gasteiger partial charge in [-0.1, -0.05) is 24.3 Å². The third-order valence-electron chi connectivity index (χ3n) is 3.97. The molecule has 3 aromatic carbocycles. The Labute approximate surface area is 169 Å². The maximum absolute atomic E-state index is 13.1. The number of pyridine rings is 1. The first-order valence-electron chi connectivity index (χ1n) is 8.44. The summed E-state index contributed by atoms with van der Waals surface area (Å²) < 4.78 is 32.6. The van der Waals surface area contributed by atoms with Crippen LogP contribution in [-0.2, 0) is 0 Å². The molecule has 0 spiro atoms. The highest BCUT2D eigenvalue weighted by atomic mass is 32.2. The number of halogens is 2. The molecule has 28 heavy (non-hydrogen) atoms. The topological polar surface area (TPSA) is 37.0 Å². The lowest BCUT2D eigenvalue weighted by Crippen LogP contribution is -1.96. The molecular weight excluding hydrogens is 396 g/mol. The van der Waals surface area contributed by atoms with Crippen LogP contribution in [0.1, 0.15) is 0 Å². The molecule has 4 aromatic rings. The van der Waals surface area contributed by atoms with Crippen molar-refractivity contribution in [2.75, 3.05) is 9.44 Å². The van der Waals surface area contributed by atoms with Crippen LogP contribution in [0.25, 0.3) is 10.8 Å². The summed E-state index contributed by atoms with van der Waals surface area (Å²) in [4.78, 5) is 6.32. The standard InChI is InChI=1S/C21H15F2N3S2/c22-14-5-9-16(10-6-14)27-25-20-13-24-21(19-4-2-1-3-18(19)20)26-28-17-11-7-15(23)8-12-17/h1-13,25H,(H,24,26). The van der Waals surface area contributed by atoms with E-state index < -0.39 is 0 Å². The summed E-state index contributed by atoms with van der Waals surface area (Å²) in [6, 6.07) is 20.5. The van der Waals surface area contributed by atoms with Crippen LogP contribution in [0.5, 0.6) is 0 Å². The van der Waals surface area contributed by atoms with E-state index in [1.54, 1.807) is 30.5 Å². The van der Waals surface area contributed by atoms with Gasteiger partial charge in [0.25, 0.3) is 0 Å². The maximum atomic E-state index is 13.1. The minimum absolute atomic E-state index is 0.259. The predicted molar refractivity (Wildman–Crippen MR) is 114 cm³/mol. The van der Waals surface area contributed by atoms with Gasteiger partial charge in [-0.05, 0) is 72.4 Å². The fourth-order valence-corrected chi connectivity index (χ4v) is 3.89. The molecule has 0 aliphatic carbocycles. The Hall–Kier alpha value is -2.77.